The Labute approximate surface area is 79.4 Å². The summed E-state index contributed by atoms with van der Waals surface area (Å²) in [6, 6.07) is 6.59. The van der Waals surface area contributed by atoms with Crippen LogP contribution in [0.2, 0.25) is 0 Å². The third-order valence-electron chi connectivity index (χ3n) is 1.98. The topological polar surface area (TPSA) is 56.0 Å². The van der Waals surface area contributed by atoms with Crippen LogP contribution in [0, 0.1) is 5.82 Å². The van der Waals surface area contributed by atoms with E-state index in [0.29, 0.717) is 10.8 Å². The van der Waals surface area contributed by atoms with Crippen molar-refractivity contribution in [3.63, 3.8) is 0 Å². The molecule has 0 bridgehead atoms. The summed E-state index contributed by atoms with van der Waals surface area (Å²) in [5.74, 6) is -1.10. The van der Waals surface area contributed by atoms with Crippen molar-refractivity contribution in [2.24, 2.45) is 5.73 Å². The molecule has 0 fully saturated rings. The number of halogens is 1. The summed E-state index contributed by atoms with van der Waals surface area (Å²) in [6.45, 7) is 0. The summed E-state index contributed by atoms with van der Waals surface area (Å²) >= 11 is 0. The second-order valence-electron chi connectivity index (χ2n) is 2.86. The van der Waals surface area contributed by atoms with Crippen LogP contribution in [0.4, 0.5) is 4.39 Å². The first kappa shape index (κ1) is 8.62. The Kier molecular flexibility index (Phi) is 1.89. The zero-order chi connectivity index (χ0) is 10.1. The van der Waals surface area contributed by atoms with Gasteiger partial charge in [0, 0.05) is 10.8 Å². The molecule has 2 N–H and O–H groups in total. The number of hydrogen-bond donors (Lipinski definition) is 1. The van der Waals surface area contributed by atoms with Gasteiger partial charge < -0.3 is 5.73 Å². The van der Waals surface area contributed by atoms with E-state index in [1.807, 2.05) is 0 Å². The predicted molar refractivity (Wildman–Crippen MR) is 50.2 cm³/mol. The summed E-state index contributed by atoms with van der Waals surface area (Å²) in [5, 5.41) is 0.802. The first-order valence-electron chi connectivity index (χ1n) is 4.03. The lowest BCUT2D eigenvalue weighted by molar-refractivity contribution is 0.0997. The van der Waals surface area contributed by atoms with Gasteiger partial charge in [-0.25, -0.2) is 9.37 Å². The third-order valence-corrected chi connectivity index (χ3v) is 1.98. The summed E-state index contributed by atoms with van der Waals surface area (Å²) < 4.78 is 13.2. The third kappa shape index (κ3) is 1.21. The molecule has 1 amide bonds. The van der Waals surface area contributed by atoms with Gasteiger partial charge in [0.1, 0.15) is 11.5 Å². The number of aromatic nitrogens is 1. The standard InChI is InChI=1S/C10H7FN2O/c11-8-5-13-9(10(12)14)7-4-2-1-3-6(7)8/h1-5H,(H2,12,14). The highest BCUT2D eigenvalue weighted by Gasteiger charge is 2.10. The maximum atomic E-state index is 13.2. The highest BCUT2D eigenvalue weighted by Crippen LogP contribution is 2.18. The maximum absolute atomic E-state index is 13.2. The molecule has 0 aliphatic carbocycles. The Bertz CT molecular complexity index is 510. The van der Waals surface area contributed by atoms with Crippen LogP contribution < -0.4 is 5.73 Å². The molecule has 70 valence electrons. The fourth-order valence-corrected chi connectivity index (χ4v) is 1.35. The van der Waals surface area contributed by atoms with Crippen LogP contribution >= 0.6 is 0 Å². The molecular weight excluding hydrogens is 183 g/mol. The van der Waals surface area contributed by atoms with Crippen molar-refractivity contribution in [2.45, 2.75) is 0 Å². The summed E-state index contributed by atoms with van der Waals surface area (Å²) in [5.41, 5.74) is 5.21. The van der Waals surface area contributed by atoms with Gasteiger partial charge in [-0.15, -0.1) is 0 Å². The molecule has 0 spiro atoms. The predicted octanol–water partition coefficient (Wildman–Crippen LogP) is 1.47. The summed E-state index contributed by atoms with van der Waals surface area (Å²) in [7, 11) is 0. The molecule has 1 heterocycles. The van der Waals surface area contributed by atoms with Gasteiger partial charge in [-0.05, 0) is 0 Å². The summed E-state index contributed by atoms with van der Waals surface area (Å²) in [6.07, 6.45) is 1.00. The van der Waals surface area contributed by atoms with Crippen LogP contribution in [0.15, 0.2) is 30.5 Å². The lowest BCUT2D eigenvalue weighted by Gasteiger charge is -2.02. The number of amides is 1. The van der Waals surface area contributed by atoms with Gasteiger partial charge >= 0.3 is 0 Å². The van der Waals surface area contributed by atoms with Gasteiger partial charge in [-0.1, -0.05) is 24.3 Å². The largest absolute Gasteiger partial charge is 0.364 e. The molecule has 14 heavy (non-hydrogen) atoms. The molecule has 4 heteroatoms. The van der Waals surface area contributed by atoms with Crippen molar-refractivity contribution >= 4 is 16.7 Å². The van der Waals surface area contributed by atoms with Crippen LogP contribution in [-0.2, 0) is 0 Å². The number of hydrogen-bond acceptors (Lipinski definition) is 2. The smallest absolute Gasteiger partial charge is 0.267 e. The molecule has 0 saturated carbocycles. The Morgan fingerprint density at radius 1 is 1.29 bits per heavy atom. The quantitative estimate of drug-likeness (QED) is 0.740. The number of carbonyl (C=O) groups excluding carboxylic acids is 1. The molecule has 2 aromatic rings. The van der Waals surface area contributed by atoms with Crippen LogP contribution in [0.1, 0.15) is 10.5 Å². The van der Waals surface area contributed by atoms with Crippen molar-refractivity contribution in [3.05, 3.63) is 42.0 Å². The lowest BCUT2D eigenvalue weighted by Crippen LogP contribution is -2.13. The van der Waals surface area contributed by atoms with Gasteiger partial charge in [-0.3, -0.25) is 4.79 Å². The van der Waals surface area contributed by atoms with Gasteiger partial charge in [-0.2, -0.15) is 0 Å². The number of rotatable bonds is 1. The van der Waals surface area contributed by atoms with E-state index in [9.17, 15) is 9.18 Å². The van der Waals surface area contributed by atoms with Crippen molar-refractivity contribution in [1.29, 1.82) is 0 Å². The highest BCUT2D eigenvalue weighted by atomic mass is 19.1. The molecule has 0 unspecified atom stereocenters. The van der Waals surface area contributed by atoms with E-state index in [4.69, 9.17) is 5.73 Å². The first-order chi connectivity index (χ1) is 6.70. The fourth-order valence-electron chi connectivity index (χ4n) is 1.35. The molecular formula is C10H7FN2O. The number of nitrogens with two attached hydrogens (primary N) is 1. The van der Waals surface area contributed by atoms with E-state index in [1.54, 1.807) is 24.3 Å². The molecule has 0 saturated heterocycles. The van der Waals surface area contributed by atoms with E-state index >= 15 is 0 Å². The molecule has 0 atom stereocenters. The van der Waals surface area contributed by atoms with Gasteiger partial charge in [0.2, 0.25) is 0 Å². The Morgan fingerprint density at radius 3 is 2.57 bits per heavy atom. The second-order valence-corrected chi connectivity index (χ2v) is 2.86. The number of primary amides is 1. The number of fused-ring (bicyclic) bond motifs is 1. The number of carbonyl (C=O) groups is 1. The normalized spacial score (nSPS) is 10.4. The number of nitrogens with zero attached hydrogens (tertiary/aromatic N) is 1. The van der Waals surface area contributed by atoms with Crippen molar-refractivity contribution in [2.75, 3.05) is 0 Å². The van der Waals surface area contributed by atoms with Crippen molar-refractivity contribution in [1.82, 2.24) is 4.98 Å². The summed E-state index contributed by atoms with van der Waals surface area (Å²) in [4.78, 5) is 14.6. The SMILES string of the molecule is NC(=O)c1ncc(F)c2ccccc12. The van der Waals surface area contributed by atoms with Gasteiger partial charge in [0.15, 0.2) is 0 Å². The van der Waals surface area contributed by atoms with Gasteiger partial charge in [0.05, 0.1) is 6.20 Å². The van der Waals surface area contributed by atoms with E-state index in [2.05, 4.69) is 4.98 Å². The van der Waals surface area contributed by atoms with Crippen LogP contribution in [0.25, 0.3) is 10.8 Å². The van der Waals surface area contributed by atoms with Crippen LogP contribution in [0.5, 0.6) is 0 Å². The Balaban J connectivity index is 2.88. The van der Waals surface area contributed by atoms with Crippen molar-refractivity contribution < 1.29 is 9.18 Å². The van der Waals surface area contributed by atoms with E-state index in [0.717, 1.165) is 6.20 Å². The number of pyridine rings is 1. The minimum atomic E-state index is -0.652. The zero-order valence-corrected chi connectivity index (χ0v) is 7.20. The lowest BCUT2D eigenvalue weighted by atomic mass is 10.1. The minimum absolute atomic E-state index is 0.0991. The monoisotopic (exact) mass is 190 g/mol. The molecule has 0 aliphatic rings. The molecule has 2 rings (SSSR count). The van der Waals surface area contributed by atoms with E-state index in [1.165, 1.54) is 0 Å². The Hall–Kier alpha value is -1.97. The fraction of sp³-hybridized carbons (Fsp3) is 0. The van der Waals surface area contributed by atoms with E-state index in [-0.39, 0.29) is 5.69 Å². The van der Waals surface area contributed by atoms with E-state index < -0.39 is 11.7 Å². The molecule has 0 aliphatic heterocycles. The maximum Gasteiger partial charge on any atom is 0.267 e. The van der Waals surface area contributed by atoms with Crippen LogP contribution in [0.3, 0.4) is 0 Å². The molecule has 3 nitrogen and oxygen atoms in total. The average molecular weight is 190 g/mol. The molecule has 1 aromatic heterocycles. The van der Waals surface area contributed by atoms with Crippen molar-refractivity contribution in [3.8, 4) is 0 Å². The highest BCUT2D eigenvalue weighted by molar-refractivity contribution is 6.04. The molecule has 1 aromatic carbocycles. The number of benzene rings is 1. The second kappa shape index (κ2) is 3.06. The van der Waals surface area contributed by atoms with Gasteiger partial charge in [0.25, 0.3) is 5.91 Å². The molecule has 0 radical (unpaired) electrons. The zero-order valence-electron chi connectivity index (χ0n) is 7.20. The average Bonchev–Trinajstić information content (AvgIpc) is 2.18. The Morgan fingerprint density at radius 2 is 1.93 bits per heavy atom. The first-order valence-corrected chi connectivity index (χ1v) is 4.03. The minimum Gasteiger partial charge on any atom is -0.364 e. The van der Waals surface area contributed by atoms with Crippen LogP contribution in [-0.4, -0.2) is 10.9 Å².